The van der Waals surface area contributed by atoms with Crippen LogP contribution in [-0.4, -0.2) is 20.6 Å². The molecule has 23 heavy (non-hydrogen) atoms. The van der Waals surface area contributed by atoms with Crippen LogP contribution >= 0.6 is 0 Å². The van der Waals surface area contributed by atoms with E-state index in [1.165, 1.54) is 12.1 Å². The zero-order valence-corrected chi connectivity index (χ0v) is 12.7. The fourth-order valence-corrected chi connectivity index (χ4v) is 2.32. The number of phenolic OH excluding ortho intramolecular Hbond substituents is 1. The molecular formula is C18H17N3O2. The highest BCUT2D eigenvalue weighted by Crippen LogP contribution is 2.17. The first-order chi connectivity index (χ1) is 11.1. The molecule has 0 bridgehead atoms. The molecule has 5 nitrogen and oxygen atoms in total. The van der Waals surface area contributed by atoms with Gasteiger partial charge >= 0.3 is 0 Å². The Hall–Kier alpha value is -3.08. The third kappa shape index (κ3) is 3.40. The predicted molar refractivity (Wildman–Crippen MR) is 87.6 cm³/mol. The molecule has 0 saturated heterocycles. The summed E-state index contributed by atoms with van der Waals surface area (Å²) in [4.78, 5) is 16.2. The third-order valence-electron chi connectivity index (χ3n) is 3.67. The Morgan fingerprint density at radius 2 is 1.83 bits per heavy atom. The standard InChI is InChI=1S/C18H17N3O2/c1-13(20-18(23)15-4-8-17(22)9-5-15)14-2-6-16(7-3-14)21-11-10-19-12-21/h2-13,22H,1H3,(H,20,23)/t13-/m0/s1. The summed E-state index contributed by atoms with van der Waals surface area (Å²) in [6, 6.07) is 14.0. The van der Waals surface area contributed by atoms with Crippen LogP contribution in [0.5, 0.6) is 5.75 Å². The number of nitrogens with one attached hydrogen (secondary N) is 1. The molecule has 2 aromatic carbocycles. The zero-order valence-electron chi connectivity index (χ0n) is 12.7. The van der Waals surface area contributed by atoms with Crippen LogP contribution in [0.2, 0.25) is 0 Å². The summed E-state index contributed by atoms with van der Waals surface area (Å²) >= 11 is 0. The second-order valence-electron chi connectivity index (χ2n) is 5.30. The number of carbonyl (C=O) groups excluding carboxylic acids is 1. The Morgan fingerprint density at radius 3 is 2.43 bits per heavy atom. The molecule has 0 aliphatic rings. The molecule has 0 aliphatic carbocycles. The lowest BCUT2D eigenvalue weighted by Gasteiger charge is -2.15. The molecule has 0 unspecified atom stereocenters. The Kier molecular flexibility index (Phi) is 4.10. The van der Waals surface area contributed by atoms with Gasteiger partial charge in [0.2, 0.25) is 0 Å². The Labute approximate surface area is 134 Å². The lowest BCUT2D eigenvalue weighted by molar-refractivity contribution is 0.0940. The van der Waals surface area contributed by atoms with Gasteiger partial charge in [-0.25, -0.2) is 4.98 Å². The molecule has 1 heterocycles. The minimum absolute atomic E-state index is 0.117. The van der Waals surface area contributed by atoms with Crippen LogP contribution in [0.4, 0.5) is 0 Å². The van der Waals surface area contributed by atoms with Gasteiger partial charge < -0.3 is 15.0 Å². The highest BCUT2D eigenvalue weighted by atomic mass is 16.3. The third-order valence-corrected chi connectivity index (χ3v) is 3.67. The second kappa shape index (κ2) is 6.36. The molecular weight excluding hydrogens is 290 g/mol. The first kappa shape index (κ1) is 14.8. The number of benzene rings is 2. The summed E-state index contributed by atoms with van der Waals surface area (Å²) in [5.41, 5.74) is 2.55. The van der Waals surface area contributed by atoms with Crippen molar-refractivity contribution in [3.63, 3.8) is 0 Å². The SMILES string of the molecule is C[C@H](NC(=O)c1ccc(O)cc1)c1ccc(-n2ccnc2)cc1. The normalized spacial score (nSPS) is 11.9. The van der Waals surface area contributed by atoms with Gasteiger partial charge in [0.25, 0.3) is 5.91 Å². The molecule has 3 rings (SSSR count). The number of aromatic nitrogens is 2. The van der Waals surface area contributed by atoms with Crippen LogP contribution in [0, 0.1) is 0 Å². The van der Waals surface area contributed by atoms with Crippen molar-refractivity contribution in [3.05, 3.63) is 78.4 Å². The van der Waals surface area contributed by atoms with E-state index in [1.54, 1.807) is 24.7 Å². The molecule has 0 aliphatic heterocycles. The molecule has 3 aromatic rings. The van der Waals surface area contributed by atoms with Crippen LogP contribution in [0.1, 0.15) is 28.9 Å². The number of nitrogens with zero attached hydrogens (tertiary/aromatic N) is 2. The van der Waals surface area contributed by atoms with Crippen molar-refractivity contribution in [2.24, 2.45) is 0 Å². The van der Waals surface area contributed by atoms with E-state index in [4.69, 9.17) is 0 Å². The van der Waals surface area contributed by atoms with Crippen LogP contribution in [0.25, 0.3) is 5.69 Å². The quantitative estimate of drug-likeness (QED) is 0.778. The van der Waals surface area contributed by atoms with Gasteiger partial charge in [-0.3, -0.25) is 4.79 Å². The highest BCUT2D eigenvalue weighted by Gasteiger charge is 2.11. The number of carbonyl (C=O) groups is 1. The van der Waals surface area contributed by atoms with E-state index >= 15 is 0 Å². The van der Waals surface area contributed by atoms with E-state index in [1.807, 2.05) is 42.0 Å². The van der Waals surface area contributed by atoms with Gasteiger partial charge in [0, 0.05) is 23.6 Å². The maximum atomic E-state index is 12.2. The molecule has 2 N–H and O–H groups in total. The number of phenols is 1. The highest BCUT2D eigenvalue weighted by molar-refractivity contribution is 5.94. The monoisotopic (exact) mass is 307 g/mol. The van der Waals surface area contributed by atoms with Crippen molar-refractivity contribution >= 4 is 5.91 Å². The minimum Gasteiger partial charge on any atom is -0.508 e. The van der Waals surface area contributed by atoms with Crippen molar-refractivity contribution in [1.82, 2.24) is 14.9 Å². The number of rotatable bonds is 4. The Bertz CT molecular complexity index is 778. The van der Waals surface area contributed by atoms with E-state index in [-0.39, 0.29) is 17.7 Å². The largest absolute Gasteiger partial charge is 0.508 e. The molecule has 5 heteroatoms. The zero-order chi connectivity index (χ0) is 16.2. The number of imidazole rings is 1. The van der Waals surface area contributed by atoms with Gasteiger partial charge in [0.1, 0.15) is 5.75 Å². The molecule has 0 radical (unpaired) electrons. The molecule has 0 saturated carbocycles. The second-order valence-corrected chi connectivity index (χ2v) is 5.30. The number of hydrogen-bond donors (Lipinski definition) is 2. The van der Waals surface area contributed by atoms with Gasteiger partial charge in [-0.1, -0.05) is 12.1 Å². The van der Waals surface area contributed by atoms with E-state index in [0.717, 1.165) is 11.3 Å². The molecule has 1 amide bonds. The number of hydrogen-bond acceptors (Lipinski definition) is 3. The van der Waals surface area contributed by atoms with Crippen LogP contribution in [0.15, 0.2) is 67.3 Å². The molecule has 1 atom stereocenters. The van der Waals surface area contributed by atoms with E-state index < -0.39 is 0 Å². The molecule has 1 aromatic heterocycles. The number of aromatic hydroxyl groups is 1. The van der Waals surface area contributed by atoms with E-state index in [0.29, 0.717) is 5.56 Å². The fraction of sp³-hybridized carbons (Fsp3) is 0.111. The van der Waals surface area contributed by atoms with E-state index in [2.05, 4.69) is 10.3 Å². The van der Waals surface area contributed by atoms with Gasteiger partial charge in [-0.15, -0.1) is 0 Å². The van der Waals surface area contributed by atoms with Gasteiger partial charge in [0.05, 0.1) is 12.4 Å². The summed E-state index contributed by atoms with van der Waals surface area (Å²) in [6.45, 7) is 1.94. The Balaban J connectivity index is 1.69. The lowest BCUT2D eigenvalue weighted by atomic mass is 10.1. The van der Waals surface area contributed by atoms with Crippen molar-refractivity contribution < 1.29 is 9.90 Å². The summed E-state index contributed by atoms with van der Waals surface area (Å²) in [5, 5.41) is 12.2. The summed E-state index contributed by atoms with van der Waals surface area (Å²) in [7, 11) is 0. The minimum atomic E-state index is -0.170. The maximum absolute atomic E-state index is 12.2. The Morgan fingerprint density at radius 1 is 1.13 bits per heavy atom. The van der Waals surface area contributed by atoms with Crippen molar-refractivity contribution in [3.8, 4) is 11.4 Å². The average molecular weight is 307 g/mol. The van der Waals surface area contributed by atoms with Crippen molar-refractivity contribution in [2.45, 2.75) is 13.0 Å². The van der Waals surface area contributed by atoms with E-state index in [9.17, 15) is 9.90 Å². The first-order valence-electron chi connectivity index (χ1n) is 7.31. The topological polar surface area (TPSA) is 67.2 Å². The maximum Gasteiger partial charge on any atom is 0.251 e. The average Bonchev–Trinajstić information content (AvgIpc) is 3.10. The fourth-order valence-electron chi connectivity index (χ4n) is 2.32. The summed E-state index contributed by atoms with van der Waals surface area (Å²) < 4.78 is 1.92. The summed E-state index contributed by atoms with van der Waals surface area (Å²) in [6.07, 6.45) is 5.35. The number of amides is 1. The van der Waals surface area contributed by atoms with Crippen molar-refractivity contribution in [2.75, 3.05) is 0 Å². The van der Waals surface area contributed by atoms with Crippen LogP contribution in [-0.2, 0) is 0 Å². The first-order valence-corrected chi connectivity index (χ1v) is 7.31. The molecule has 0 fully saturated rings. The van der Waals surface area contributed by atoms with Crippen molar-refractivity contribution in [1.29, 1.82) is 0 Å². The van der Waals surface area contributed by atoms with Crippen LogP contribution < -0.4 is 5.32 Å². The lowest BCUT2D eigenvalue weighted by Crippen LogP contribution is -2.26. The summed E-state index contributed by atoms with van der Waals surface area (Å²) in [5.74, 6) is -0.0270. The van der Waals surface area contributed by atoms with Gasteiger partial charge in [-0.05, 0) is 48.9 Å². The molecule has 116 valence electrons. The van der Waals surface area contributed by atoms with Gasteiger partial charge in [-0.2, -0.15) is 0 Å². The smallest absolute Gasteiger partial charge is 0.251 e. The predicted octanol–water partition coefficient (Wildman–Crippen LogP) is 3.07. The van der Waals surface area contributed by atoms with Crippen LogP contribution in [0.3, 0.4) is 0 Å². The molecule has 0 spiro atoms. The van der Waals surface area contributed by atoms with Gasteiger partial charge in [0.15, 0.2) is 0 Å².